The maximum atomic E-state index is 12.1. The predicted molar refractivity (Wildman–Crippen MR) is 73.5 cm³/mol. The first kappa shape index (κ1) is 15.9. The van der Waals surface area contributed by atoms with Gasteiger partial charge in [-0.25, -0.2) is 0 Å². The molecule has 0 heterocycles. The Labute approximate surface area is 115 Å². The van der Waals surface area contributed by atoms with Gasteiger partial charge in [-0.1, -0.05) is 19.3 Å². The minimum Gasteiger partial charge on any atom is -0.378 e. The Bertz CT molecular complexity index is 317. The number of amides is 1. The molecular weight excluding hydrogens is 242 g/mol. The number of carbonyl (C=O) groups excluding carboxylic acids is 1. The summed E-state index contributed by atoms with van der Waals surface area (Å²) < 4.78 is 5.41. The maximum absolute atomic E-state index is 12.1. The van der Waals surface area contributed by atoms with E-state index >= 15 is 0 Å². The summed E-state index contributed by atoms with van der Waals surface area (Å²) >= 11 is 0. The lowest BCUT2D eigenvalue weighted by atomic mass is 9.74. The van der Waals surface area contributed by atoms with Gasteiger partial charge in [0, 0.05) is 13.1 Å². The minimum absolute atomic E-state index is 0.120. The molecule has 1 N–H and O–H groups in total. The van der Waals surface area contributed by atoms with Crippen LogP contribution in [-0.2, 0) is 9.53 Å². The van der Waals surface area contributed by atoms with Crippen LogP contribution in [-0.4, -0.2) is 51.2 Å². The lowest BCUT2D eigenvalue weighted by Crippen LogP contribution is -2.42. The van der Waals surface area contributed by atoms with Crippen LogP contribution in [0.15, 0.2) is 0 Å². The quantitative estimate of drug-likeness (QED) is 0.703. The van der Waals surface area contributed by atoms with Crippen molar-refractivity contribution in [3.05, 3.63) is 0 Å². The van der Waals surface area contributed by atoms with Gasteiger partial charge in [0.2, 0.25) is 5.91 Å². The zero-order valence-electron chi connectivity index (χ0n) is 12.1. The molecule has 108 valence electrons. The average Bonchev–Trinajstić information content (AvgIpc) is 2.42. The highest BCUT2D eigenvalue weighted by Gasteiger charge is 2.39. The van der Waals surface area contributed by atoms with Crippen LogP contribution >= 0.6 is 0 Å². The van der Waals surface area contributed by atoms with Crippen LogP contribution in [0.3, 0.4) is 0 Å². The lowest BCUT2D eigenvalue weighted by Gasteiger charge is -2.29. The van der Waals surface area contributed by atoms with E-state index < -0.39 is 5.41 Å². The molecule has 19 heavy (non-hydrogen) atoms. The van der Waals surface area contributed by atoms with E-state index in [1.54, 1.807) is 0 Å². The van der Waals surface area contributed by atoms with Gasteiger partial charge in [-0.3, -0.25) is 4.79 Å². The topological polar surface area (TPSA) is 65.4 Å². The van der Waals surface area contributed by atoms with Crippen molar-refractivity contribution in [1.29, 1.82) is 5.26 Å². The third kappa shape index (κ3) is 5.17. The third-order valence-electron chi connectivity index (χ3n) is 3.57. The zero-order valence-corrected chi connectivity index (χ0v) is 12.1. The van der Waals surface area contributed by atoms with Crippen molar-refractivity contribution < 1.29 is 9.53 Å². The molecule has 0 unspecified atom stereocenters. The molecule has 0 spiro atoms. The van der Waals surface area contributed by atoms with Gasteiger partial charge < -0.3 is 15.0 Å². The monoisotopic (exact) mass is 267 g/mol. The van der Waals surface area contributed by atoms with E-state index in [0.29, 0.717) is 32.6 Å². The summed E-state index contributed by atoms with van der Waals surface area (Å²) in [6.07, 6.45) is 4.46. The Morgan fingerprint density at radius 3 is 2.58 bits per heavy atom. The molecule has 1 rings (SSSR count). The van der Waals surface area contributed by atoms with E-state index in [9.17, 15) is 10.1 Å². The largest absolute Gasteiger partial charge is 0.378 e. The van der Waals surface area contributed by atoms with E-state index in [1.165, 1.54) is 0 Å². The van der Waals surface area contributed by atoms with Crippen molar-refractivity contribution in [2.45, 2.75) is 32.1 Å². The summed E-state index contributed by atoms with van der Waals surface area (Å²) in [6, 6.07) is 2.22. The molecule has 1 amide bonds. The van der Waals surface area contributed by atoms with Crippen LogP contribution in [0.2, 0.25) is 0 Å². The van der Waals surface area contributed by atoms with E-state index in [2.05, 4.69) is 11.4 Å². The van der Waals surface area contributed by atoms with Gasteiger partial charge in [-0.05, 0) is 26.9 Å². The van der Waals surface area contributed by atoms with Crippen LogP contribution in [0, 0.1) is 16.7 Å². The van der Waals surface area contributed by atoms with Crippen LogP contribution in [0.25, 0.3) is 0 Å². The number of rotatable bonds is 7. The zero-order chi connectivity index (χ0) is 14.1. The SMILES string of the molecule is CN(C)CCOCCNC(=O)C1(C#N)CCCCC1. The summed E-state index contributed by atoms with van der Waals surface area (Å²) in [5.41, 5.74) is -0.790. The molecule has 1 saturated carbocycles. The molecule has 0 saturated heterocycles. The van der Waals surface area contributed by atoms with E-state index in [1.807, 2.05) is 19.0 Å². The second-order valence-electron chi connectivity index (χ2n) is 5.43. The fraction of sp³-hybridized carbons (Fsp3) is 0.857. The lowest BCUT2D eigenvalue weighted by molar-refractivity contribution is -0.129. The van der Waals surface area contributed by atoms with Crippen molar-refractivity contribution in [2.75, 3.05) is 40.4 Å². The van der Waals surface area contributed by atoms with Gasteiger partial charge in [-0.15, -0.1) is 0 Å². The second-order valence-corrected chi connectivity index (χ2v) is 5.43. The molecule has 0 aromatic rings. The molecule has 0 radical (unpaired) electrons. The predicted octanol–water partition coefficient (Wildman–Crippen LogP) is 1.15. The van der Waals surface area contributed by atoms with Crippen LogP contribution < -0.4 is 5.32 Å². The van der Waals surface area contributed by atoms with Crippen molar-refractivity contribution in [1.82, 2.24) is 10.2 Å². The van der Waals surface area contributed by atoms with Gasteiger partial charge >= 0.3 is 0 Å². The summed E-state index contributed by atoms with van der Waals surface area (Å²) in [6.45, 7) is 2.51. The Kier molecular flexibility index (Phi) is 6.82. The number of ether oxygens (including phenoxy) is 1. The highest BCUT2D eigenvalue weighted by Crippen LogP contribution is 2.35. The fourth-order valence-corrected chi connectivity index (χ4v) is 2.30. The van der Waals surface area contributed by atoms with E-state index in [0.717, 1.165) is 25.8 Å². The Morgan fingerprint density at radius 1 is 1.32 bits per heavy atom. The number of hydrogen-bond acceptors (Lipinski definition) is 4. The van der Waals surface area contributed by atoms with Crippen molar-refractivity contribution in [3.8, 4) is 6.07 Å². The number of carbonyl (C=O) groups is 1. The fourth-order valence-electron chi connectivity index (χ4n) is 2.30. The van der Waals surface area contributed by atoms with Gasteiger partial charge in [0.1, 0.15) is 5.41 Å². The first-order valence-electron chi connectivity index (χ1n) is 7.03. The molecular formula is C14H25N3O2. The summed E-state index contributed by atoms with van der Waals surface area (Å²) in [7, 11) is 3.98. The normalized spacial score (nSPS) is 18.0. The molecule has 1 fully saturated rings. The molecule has 0 aromatic heterocycles. The molecule has 5 nitrogen and oxygen atoms in total. The summed E-state index contributed by atoms with van der Waals surface area (Å²) in [5, 5.41) is 12.1. The van der Waals surface area contributed by atoms with Crippen molar-refractivity contribution >= 4 is 5.91 Å². The Balaban J connectivity index is 2.21. The number of nitriles is 1. The van der Waals surface area contributed by atoms with Crippen LogP contribution in [0.5, 0.6) is 0 Å². The minimum atomic E-state index is -0.790. The molecule has 5 heteroatoms. The van der Waals surface area contributed by atoms with Gasteiger partial charge in [0.15, 0.2) is 0 Å². The molecule has 0 aromatic carbocycles. The summed E-state index contributed by atoms with van der Waals surface area (Å²) in [4.78, 5) is 14.1. The van der Waals surface area contributed by atoms with Gasteiger partial charge in [0.05, 0.1) is 19.3 Å². The number of nitrogens with zero attached hydrogens (tertiary/aromatic N) is 2. The molecule has 0 aliphatic heterocycles. The Hall–Kier alpha value is -1.12. The second kappa shape index (κ2) is 8.13. The standard InChI is InChI=1S/C14H25N3O2/c1-17(2)9-11-19-10-8-16-13(18)14(12-15)6-4-3-5-7-14/h3-11H2,1-2H3,(H,16,18). The number of likely N-dealkylation sites (N-methyl/N-ethyl adjacent to an activating group) is 1. The number of hydrogen-bond donors (Lipinski definition) is 1. The smallest absolute Gasteiger partial charge is 0.240 e. The first-order valence-corrected chi connectivity index (χ1v) is 7.03. The maximum Gasteiger partial charge on any atom is 0.240 e. The van der Waals surface area contributed by atoms with Gasteiger partial charge in [0.25, 0.3) is 0 Å². The molecule has 1 aliphatic carbocycles. The van der Waals surface area contributed by atoms with E-state index in [-0.39, 0.29) is 5.91 Å². The highest BCUT2D eigenvalue weighted by molar-refractivity contribution is 5.85. The first-order chi connectivity index (χ1) is 9.10. The summed E-state index contributed by atoms with van der Waals surface area (Å²) in [5.74, 6) is -0.120. The molecule has 0 atom stereocenters. The van der Waals surface area contributed by atoms with Gasteiger partial charge in [-0.2, -0.15) is 5.26 Å². The van der Waals surface area contributed by atoms with Crippen molar-refractivity contribution in [2.24, 2.45) is 5.41 Å². The van der Waals surface area contributed by atoms with Crippen LogP contribution in [0.4, 0.5) is 0 Å². The highest BCUT2D eigenvalue weighted by atomic mass is 16.5. The van der Waals surface area contributed by atoms with E-state index in [4.69, 9.17) is 4.74 Å². The van der Waals surface area contributed by atoms with Crippen molar-refractivity contribution in [3.63, 3.8) is 0 Å². The number of nitrogens with one attached hydrogen (secondary N) is 1. The third-order valence-corrected chi connectivity index (χ3v) is 3.57. The average molecular weight is 267 g/mol. The molecule has 0 bridgehead atoms. The Morgan fingerprint density at radius 2 is 2.00 bits per heavy atom. The van der Waals surface area contributed by atoms with Crippen LogP contribution in [0.1, 0.15) is 32.1 Å². The molecule has 1 aliphatic rings.